The predicted molar refractivity (Wildman–Crippen MR) is 63.9 cm³/mol. The Bertz CT molecular complexity index is 450. The molecule has 0 atom stereocenters. The van der Waals surface area contributed by atoms with Crippen molar-refractivity contribution in [1.29, 1.82) is 0 Å². The van der Waals surface area contributed by atoms with Gasteiger partial charge in [0, 0.05) is 18.7 Å². The van der Waals surface area contributed by atoms with Crippen molar-refractivity contribution in [2.75, 3.05) is 13.1 Å². The van der Waals surface area contributed by atoms with Crippen LogP contribution in [0.4, 0.5) is 8.78 Å². The predicted octanol–water partition coefficient (Wildman–Crippen LogP) is 1.46. The van der Waals surface area contributed by atoms with E-state index in [4.69, 9.17) is 5.73 Å². The Morgan fingerprint density at radius 1 is 1.39 bits per heavy atom. The second kappa shape index (κ2) is 4.65. The van der Waals surface area contributed by atoms with Gasteiger partial charge >= 0.3 is 0 Å². The molecule has 0 aromatic heterocycles. The van der Waals surface area contributed by atoms with Crippen LogP contribution in [0.2, 0.25) is 0 Å². The van der Waals surface area contributed by atoms with Crippen molar-refractivity contribution in [2.24, 2.45) is 5.73 Å². The maximum absolute atomic E-state index is 13.4. The lowest BCUT2D eigenvalue weighted by atomic mass is 9.88. The Balaban J connectivity index is 2.01. The van der Waals surface area contributed by atoms with E-state index < -0.39 is 11.6 Å². The smallest absolute Gasteiger partial charge is 0.227 e. The first-order valence-corrected chi connectivity index (χ1v) is 5.95. The van der Waals surface area contributed by atoms with Crippen LogP contribution in [-0.2, 0) is 11.2 Å². The summed E-state index contributed by atoms with van der Waals surface area (Å²) >= 11 is 0. The largest absolute Gasteiger partial charge is 0.339 e. The number of benzene rings is 1. The van der Waals surface area contributed by atoms with Gasteiger partial charge in [-0.15, -0.1) is 0 Å². The molecule has 1 aromatic carbocycles. The molecule has 1 aliphatic heterocycles. The van der Waals surface area contributed by atoms with Gasteiger partial charge in [0.15, 0.2) is 0 Å². The molecule has 1 heterocycles. The quantitative estimate of drug-likeness (QED) is 0.887. The van der Waals surface area contributed by atoms with Gasteiger partial charge in [0.05, 0.1) is 12.0 Å². The molecule has 1 amide bonds. The number of rotatable bonds is 3. The van der Waals surface area contributed by atoms with Crippen LogP contribution in [0.1, 0.15) is 18.9 Å². The van der Waals surface area contributed by atoms with Gasteiger partial charge in [0.2, 0.25) is 5.91 Å². The topological polar surface area (TPSA) is 46.3 Å². The molecule has 0 spiro atoms. The lowest BCUT2D eigenvalue weighted by Gasteiger charge is -2.47. The number of halogens is 2. The average molecular weight is 254 g/mol. The molecule has 98 valence electrons. The summed E-state index contributed by atoms with van der Waals surface area (Å²) in [6.45, 7) is 2.87. The van der Waals surface area contributed by atoms with Gasteiger partial charge in [-0.2, -0.15) is 0 Å². The van der Waals surface area contributed by atoms with Gasteiger partial charge in [-0.25, -0.2) is 8.78 Å². The van der Waals surface area contributed by atoms with Gasteiger partial charge in [-0.1, -0.05) is 13.0 Å². The fraction of sp³-hybridized carbons (Fsp3) is 0.462. The van der Waals surface area contributed by atoms with E-state index in [0.29, 0.717) is 13.1 Å². The summed E-state index contributed by atoms with van der Waals surface area (Å²) in [4.78, 5) is 13.4. The average Bonchev–Trinajstić information content (AvgIpc) is 2.29. The van der Waals surface area contributed by atoms with Crippen LogP contribution in [0.3, 0.4) is 0 Å². The SMILES string of the molecule is CCC1(N)CN(C(=O)Cc2c(F)cccc2F)C1. The molecule has 0 aliphatic carbocycles. The molecule has 0 bridgehead atoms. The third-order valence-corrected chi connectivity index (χ3v) is 3.46. The van der Waals surface area contributed by atoms with Crippen molar-refractivity contribution in [3.05, 3.63) is 35.4 Å². The maximum atomic E-state index is 13.4. The highest BCUT2D eigenvalue weighted by Gasteiger charge is 2.40. The molecule has 1 aliphatic rings. The molecular weight excluding hydrogens is 238 g/mol. The molecule has 5 heteroatoms. The van der Waals surface area contributed by atoms with Crippen LogP contribution in [0, 0.1) is 11.6 Å². The molecular formula is C13H16F2N2O. The number of nitrogens with two attached hydrogens (primary N) is 1. The Morgan fingerprint density at radius 2 is 1.94 bits per heavy atom. The van der Waals surface area contributed by atoms with Gasteiger partial charge in [-0.05, 0) is 18.6 Å². The van der Waals surface area contributed by atoms with E-state index in [1.807, 2.05) is 6.92 Å². The third kappa shape index (κ3) is 2.36. The van der Waals surface area contributed by atoms with Crippen molar-refractivity contribution in [3.8, 4) is 0 Å². The first kappa shape index (κ1) is 13.0. The number of carbonyl (C=O) groups is 1. The second-order valence-electron chi connectivity index (χ2n) is 4.84. The summed E-state index contributed by atoms with van der Waals surface area (Å²) in [5.74, 6) is -1.65. The Morgan fingerprint density at radius 3 is 2.44 bits per heavy atom. The Kier molecular flexibility index (Phi) is 3.34. The van der Waals surface area contributed by atoms with Gasteiger partial charge in [0.1, 0.15) is 11.6 Å². The van der Waals surface area contributed by atoms with Crippen LogP contribution in [0.15, 0.2) is 18.2 Å². The fourth-order valence-electron chi connectivity index (χ4n) is 2.08. The minimum Gasteiger partial charge on any atom is -0.339 e. The summed E-state index contributed by atoms with van der Waals surface area (Å²) < 4.78 is 26.8. The molecule has 3 nitrogen and oxygen atoms in total. The number of hydrogen-bond acceptors (Lipinski definition) is 2. The molecule has 2 rings (SSSR count). The van der Waals surface area contributed by atoms with Crippen LogP contribution in [0.5, 0.6) is 0 Å². The summed E-state index contributed by atoms with van der Waals surface area (Å²) in [7, 11) is 0. The molecule has 2 N–H and O–H groups in total. The molecule has 0 unspecified atom stereocenters. The number of amides is 1. The maximum Gasteiger partial charge on any atom is 0.227 e. The Labute approximate surface area is 105 Å². The Hall–Kier alpha value is -1.49. The third-order valence-electron chi connectivity index (χ3n) is 3.46. The van der Waals surface area contributed by atoms with Crippen LogP contribution in [-0.4, -0.2) is 29.4 Å². The second-order valence-corrected chi connectivity index (χ2v) is 4.84. The van der Waals surface area contributed by atoms with Crippen molar-refractivity contribution < 1.29 is 13.6 Å². The highest BCUT2D eigenvalue weighted by Crippen LogP contribution is 2.23. The van der Waals surface area contributed by atoms with Crippen molar-refractivity contribution in [2.45, 2.75) is 25.3 Å². The zero-order valence-electron chi connectivity index (χ0n) is 10.2. The van der Waals surface area contributed by atoms with Crippen LogP contribution >= 0.6 is 0 Å². The van der Waals surface area contributed by atoms with Gasteiger partial charge < -0.3 is 10.6 Å². The van der Waals surface area contributed by atoms with E-state index >= 15 is 0 Å². The highest BCUT2D eigenvalue weighted by atomic mass is 19.1. The van der Waals surface area contributed by atoms with E-state index in [1.165, 1.54) is 11.0 Å². The minimum atomic E-state index is -0.682. The summed E-state index contributed by atoms with van der Waals surface area (Å²) in [5, 5.41) is 0. The molecule has 1 saturated heterocycles. The lowest BCUT2D eigenvalue weighted by Crippen LogP contribution is -2.68. The monoisotopic (exact) mass is 254 g/mol. The van der Waals surface area contributed by atoms with E-state index in [9.17, 15) is 13.6 Å². The van der Waals surface area contributed by atoms with Crippen LogP contribution in [0.25, 0.3) is 0 Å². The molecule has 18 heavy (non-hydrogen) atoms. The van der Waals surface area contributed by atoms with Gasteiger partial charge in [-0.3, -0.25) is 4.79 Å². The molecule has 1 fully saturated rings. The first-order chi connectivity index (χ1) is 8.45. The molecule has 0 radical (unpaired) electrons. The van der Waals surface area contributed by atoms with Crippen molar-refractivity contribution in [1.82, 2.24) is 4.90 Å². The normalized spacial score (nSPS) is 17.4. The number of hydrogen-bond donors (Lipinski definition) is 1. The highest BCUT2D eigenvalue weighted by molar-refractivity contribution is 5.80. The number of likely N-dealkylation sites (tertiary alicyclic amines) is 1. The molecule has 0 saturated carbocycles. The van der Waals surface area contributed by atoms with E-state index in [1.54, 1.807) is 0 Å². The lowest BCUT2D eigenvalue weighted by molar-refractivity contribution is -0.138. The van der Waals surface area contributed by atoms with Crippen molar-refractivity contribution in [3.63, 3.8) is 0 Å². The standard InChI is InChI=1S/C13H16F2N2O/c1-2-13(16)7-17(8-13)12(18)6-9-10(14)4-3-5-11(9)15/h3-5H,2,6-8,16H2,1H3. The summed E-state index contributed by atoms with van der Waals surface area (Å²) in [5.41, 5.74) is 5.44. The zero-order chi connectivity index (χ0) is 13.3. The number of carbonyl (C=O) groups excluding carboxylic acids is 1. The fourth-order valence-corrected chi connectivity index (χ4v) is 2.08. The van der Waals surface area contributed by atoms with E-state index in [0.717, 1.165) is 18.6 Å². The first-order valence-electron chi connectivity index (χ1n) is 5.95. The van der Waals surface area contributed by atoms with Crippen molar-refractivity contribution >= 4 is 5.91 Å². The summed E-state index contributed by atoms with van der Waals surface area (Å²) in [6.07, 6.45) is 0.531. The van der Waals surface area contributed by atoms with Gasteiger partial charge in [0.25, 0.3) is 0 Å². The summed E-state index contributed by atoms with van der Waals surface area (Å²) in [6, 6.07) is 3.59. The minimum absolute atomic E-state index is 0.173. The van der Waals surface area contributed by atoms with Crippen LogP contribution < -0.4 is 5.73 Å². The number of nitrogens with zero attached hydrogens (tertiary/aromatic N) is 1. The van der Waals surface area contributed by atoms with E-state index in [-0.39, 0.29) is 23.4 Å². The molecule has 1 aromatic rings. The zero-order valence-corrected chi connectivity index (χ0v) is 10.2. The van der Waals surface area contributed by atoms with E-state index in [2.05, 4.69) is 0 Å².